The average molecular weight is 365 g/mol. The van der Waals surface area contributed by atoms with Crippen molar-refractivity contribution in [1.29, 1.82) is 0 Å². The summed E-state index contributed by atoms with van der Waals surface area (Å²) in [6.45, 7) is 1.38. The van der Waals surface area contributed by atoms with Crippen LogP contribution >= 0.6 is 0 Å². The van der Waals surface area contributed by atoms with E-state index in [-0.39, 0.29) is 16.8 Å². The largest absolute Gasteiger partial charge is 0.337 e. The third-order valence-electron chi connectivity index (χ3n) is 5.19. The number of nitrogens with one attached hydrogen (secondary N) is 2. The molecule has 1 heterocycles. The maximum Gasteiger partial charge on any atom is 0.253 e. The van der Waals surface area contributed by atoms with Crippen LogP contribution in [0.5, 0.6) is 0 Å². The lowest BCUT2D eigenvalue weighted by Gasteiger charge is -2.32. The molecule has 1 saturated carbocycles. The van der Waals surface area contributed by atoms with E-state index in [4.69, 9.17) is 0 Å². The van der Waals surface area contributed by atoms with Crippen LogP contribution in [0.25, 0.3) is 0 Å². The van der Waals surface area contributed by atoms with Crippen molar-refractivity contribution in [3.8, 4) is 0 Å². The number of hydrogen-bond donors (Lipinski definition) is 2. The number of carbonyl (C=O) groups excluding carboxylic acids is 1. The van der Waals surface area contributed by atoms with E-state index < -0.39 is 10.0 Å². The molecule has 0 aromatic heterocycles. The zero-order valence-electron chi connectivity index (χ0n) is 14.7. The van der Waals surface area contributed by atoms with Crippen molar-refractivity contribution in [2.45, 2.75) is 55.5 Å². The Labute approximate surface area is 150 Å². The lowest BCUT2D eigenvalue weighted by atomic mass is 10.0. The fourth-order valence-corrected chi connectivity index (χ4v) is 5.06. The van der Waals surface area contributed by atoms with Crippen molar-refractivity contribution in [3.63, 3.8) is 0 Å². The Morgan fingerprint density at radius 1 is 1.12 bits per heavy atom. The van der Waals surface area contributed by atoms with Gasteiger partial charge in [0.05, 0.1) is 4.90 Å². The highest BCUT2D eigenvalue weighted by Gasteiger charge is 2.26. The van der Waals surface area contributed by atoms with E-state index in [1.165, 1.54) is 6.07 Å². The van der Waals surface area contributed by atoms with E-state index in [0.29, 0.717) is 24.7 Å². The minimum atomic E-state index is -3.58. The van der Waals surface area contributed by atoms with Crippen LogP contribution in [-0.2, 0) is 10.0 Å². The quantitative estimate of drug-likeness (QED) is 0.833. The second-order valence-corrected chi connectivity index (χ2v) is 8.72. The first-order chi connectivity index (χ1) is 12.0. The molecule has 1 aromatic rings. The van der Waals surface area contributed by atoms with Crippen LogP contribution in [0.15, 0.2) is 29.2 Å². The van der Waals surface area contributed by atoms with Crippen molar-refractivity contribution in [2.24, 2.45) is 0 Å². The van der Waals surface area contributed by atoms with Crippen molar-refractivity contribution in [1.82, 2.24) is 14.9 Å². The minimum Gasteiger partial charge on any atom is -0.337 e. The number of nitrogens with zero attached hydrogens (tertiary/aromatic N) is 1. The molecular formula is C18H27N3O3S. The van der Waals surface area contributed by atoms with Crippen LogP contribution in [-0.4, -0.2) is 51.4 Å². The number of rotatable bonds is 5. The zero-order chi connectivity index (χ0) is 17.9. The maximum atomic E-state index is 12.8. The Morgan fingerprint density at radius 3 is 2.56 bits per heavy atom. The summed E-state index contributed by atoms with van der Waals surface area (Å²) in [5.74, 6) is -0.0992. The Morgan fingerprint density at radius 2 is 1.84 bits per heavy atom. The third-order valence-corrected chi connectivity index (χ3v) is 6.70. The van der Waals surface area contributed by atoms with E-state index in [2.05, 4.69) is 10.0 Å². The molecular weight excluding hydrogens is 338 g/mol. The van der Waals surface area contributed by atoms with Gasteiger partial charge in [-0.3, -0.25) is 4.79 Å². The van der Waals surface area contributed by atoms with Crippen molar-refractivity contribution < 1.29 is 13.2 Å². The van der Waals surface area contributed by atoms with E-state index in [1.807, 2.05) is 7.05 Å². The Hall–Kier alpha value is -1.44. The maximum absolute atomic E-state index is 12.8. The van der Waals surface area contributed by atoms with Crippen molar-refractivity contribution >= 4 is 15.9 Å². The van der Waals surface area contributed by atoms with Gasteiger partial charge in [-0.15, -0.1) is 0 Å². The van der Waals surface area contributed by atoms with Gasteiger partial charge in [-0.05, 0) is 50.9 Å². The molecule has 1 saturated heterocycles. The second kappa shape index (κ2) is 7.85. The summed E-state index contributed by atoms with van der Waals surface area (Å²) in [6, 6.07) is 6.72. The van der Waals surface area contributed by atoms with Crippen molar-refractivity contribution in [2.75, 3.05) is 20.1 Å². The van der Waals surface area contributed by atoms with Gasteiger partial charge in [-0.1, -0.05) is 18.9 Å². The average Bonchev–Trinajstić information content (AvgIpc) is 3.13. The predicted octanol–water partition coefficient (Wildman–Crippen LogP) is 1.73. The number of carbonyl (C=O) groups is 1. The first kappa shape index (κ1) is 18.4. The Bertz CT molecular complexity index is 714. The summed E-state index contributed by atoms with van der Waals surface area (Å²) < 4.78 is 28.0. The fraction of sp³-hybridized carbons (Fsp3) is 0.611. The van der Waals surface area contributed by atoms with E-state index in [9.17, 15) is 13.2 Å². The van der Waals surface area contributed by atoms with Gasteiger partial charge in [-0.25, -0.2) is 13.1 Å². The van der Waals surface area contributed by atoms with Crippen LogP contribution in [0.4, 0.5) is 0 Å². The normalized spacial score (nSPS) is 22.3. The summed E-state index contributed by atoms with van der Waals surface area (Å²) in [6.07, 6.45) is 5.91. The smallest absolute Gasteiger partial charge is 0.253 e. The molecule has 138 valence electrons. The Balaban J connectivity index is 1.75. The molecule has 1 unspecified atom stereocenters. The standard InChI is InChI=1S/C18H27N3O3S/c1-19-16-9-5-11-21(13-16)18(22)14-6-4-10-17(12-14)25(23,24)20-15-7-2-3-8-15/h4,6,10,12,15-16,19-20H,2-3,5,7-9,11,13H2,1H3. The lowest BCUT2D eigenvalue weighted by Crippen LogP contribution is -2.47. The molecule has 0 bridgehead atoms. The van der Waals surface area contributed by atoms with Gasteiger partial charge in [0.15, 0.2) is 0 Å². The number of piperidine rings is 1. The minimum absolute atomic E-state index is 0.0165. The first-order valence-corrected chi connectivity index (χ1v) is 10.6. The summed E-state index contributed by atoms with van der Waals surface area (Å²) >= 11 is 0. The van der Waals surface area contributed by atoms with E-state index in [1.54, 1.807) is 23.1 Å². The molecule has 2 N–H and O–H groups in total. The molecule has 25 heavy (non-hydrogen) atoms. The van der Waals surface area contributed by atoms with Crippen LogP contribution in [0, 0.1) is 0 Å². The number of likely N-dealkylation sites (N-methyl/N-ethyl adjacent to an activating group) is 1. The van der Waals surface area contributed by atoms with Crippen LogP contribution in [0.3, 0.4) is 0 Å². The molecule has 1 amide bonds. The molecule has 2 aliphatic rings. The molecule has 7 heteroatoms. The highest BCUT2D eigenvalue weighted by Crippen LogP contribution is 2.21. The SMILES string of the molecule is CNC1CCCN(C(=O)c2cccc(S(=O)(=O)NC3CCCC3)c2)C1. The monoisotopic (exact) mass is 365 g/mol. The van der Waals surface area contributed by atoms with Gasteiger partial charge < -0.3 is 10.2 Å². The summed E-state index contributed by atoms with van der Waals surface area (Å²) in [5, 5.41) is 3.22. The van der Waals surface area contributed by atoms with Gasteiger partial charge in [0.2, 0.25) is 10.0 Å². The topological polar surface area (TPSA) is 78.5 Å². The zero-order valence-corrected chi connectivity index (χ0v) is 15.5. The summed E-state index contributed by atoms with van der Waals surface area (Å²) in [5.41, 5.74) is 0.436. The van der Waals surface area contributed by atoms with Crippen LogP contribution in [0.2, 0.25) is 0 Å². The predicted molar refractivity (Wildman–Crippen MR) is 97.0 cm³/mol. The molecule has 1 aliphatic carbocycles. The molecule has 1 atom stereocenters. The molecule has 1 aliphatic heterocycles. The van der Waals surface area contributed by atoms with E-state index in [0.717, 1.165) is 38.5 Å². The number of benzene rings is 1. The van der Waals surface area contributed by atoms with Gasteiger partial charge in [0.25, 0.3) is 5.91 Å². The van der Waals surface area contributed by atoms with Gasteiger partial charge in [0.1, 0.15) is 0 Å². The summed E-state index contributed by atoms with van der Waals surface area (Å²) in [7, 11) is -1.68. The molecule has 1 aromatic carbocycles. The van der Waals surface area contributed by atoms with Crippen LogP contribution < -0.4 is 10.0 Å². The number of likely N-dealkylation sites (tertiary alicyclic amines) is 1. The molecule has 6 nitrogen and oxygen atoms in total. The second-order valence-electron chi connectivity index (χ2n) is 7.01. The first-order valence-electron chi connectivity index (χ1n) is 9.08. The number of sulfonamides is 1. The third kappa shape index (κ3) is 4.40. The molecule has 0 spiro atoms. The number of hydrogen-bond acceptors (Lipinski definition) is 4. The van der Waals surface area contributed by atoms with Gasteiger partial charge in [0, 0.05) is 30.7 Å². The highest BCUT2D eigenvalue weighted by molar-refractivity contribution is 7.89. The van der Waals surface area contributed by atoms with Crippen molar-refractivity contribution in [3.05, 3.63) is 29.8 Å². The van der Waals surface area contributed by atoms with Gasteiger partial charge >= 0.3 is 0 Å². The fourth-order valence-electron chi connectivity index (χ4n) is 3.71. The molecule has 0 radical (unpaired) electrons. The van der Waals surface area contributed by atoms with E-state index >= 15 is 0 Å². The van der Waals surface area contributed by atoms with Crippen LogP contribution in [0.1, 0.15) is 48.9 Å². The Kier molecular flexibility index (Phi) is 5.76. The van der Waals surface area contributed by atoms with Gasteiger partial charge in [-0.2, -0.15) is 0 Å². The highest BCUT2D eigenvalue weighted by atomic mass is 32.2. The molecule has 2 fully saturated rings. The number of amides is 1. The molecule has 3 rings (SSSR count). The lowest BCUT2D eigenvalue weighted by molar-refractivity contribution is 0.0698. The summed E-state index contributed by atoms with van der Waals surface area (Å²) in [4.78, 5) is 14.7.